The first-order valence-corrected chi connectivity index (χ1v) is 6.86. The predicted molar refractivity (Wildman–Crippen MR) is 81.9 cm³/mol. The van der Waals surface area contributed by atoms with Crippen molar-refractivity contribution in [2.75, 3.05) is 6.54 Å². The van der Waals surface area contributed by atoms with Crippen LogP contribution in [0.25, 0.3) is 10.9 Å². The Labute approximate surface area is 123 Å². The number of hydrogen-bond donors (Lipinski definition) is 2. The molecular formula is C15H20N4O2. The summed E-state index contributed by atoms with van der Waals surface area (Å²) in [6, 6.07) is 7.15. The number of fused-ring (bicyclic) bond motifs is 1. The van der Waals surface area contributed by atoms with Gasteiger partial charge in [-0.2, -0.15) is 0 Å². The Bertz CT molecular complexity index is 701. The van der Waals surface area contributed by atoms with Crippen LogP contribution in [0.5, 0.6) is 0 Å². The van der Waals surface area contributed by atoms with Gasteiger partial charge < -0.3 is 11.1 Å². The van der Waals surface area contributed by atoms with E-state index in [1.807, 2.05) is 19.9 Å². The van der Waals surface area contributed by atoms with Crippen molar-refractivity contribution in [1.82, 2.24) is 14.9 Å². The smallest absolute Gasteiger partial charge is 0.261 e. The Balaban J connectivity index is 2.02. The van der Waals surface area contributed by atoms with Gasteiger partial charge in [0.15, 0.2) is 0 Å². The summed E-state index contributed by atoms with van der Waals surface area (Å²) in [5.74, 6) is -0.131. The number of para-hydroxylation sites is 1. The second-order valence-electron chi connectivity index (χ2n) is 5.78. The number of amides is 1. The molecule has 1 amide bonds. The maximum Gasteiger partial charge on any atom is 0.261 e. The Kier molecular flexibility index (Phi) is 4.37. The third-order valence-electron chi connectivity index (χ3n) is 3.05. The number of carbonyl (C=O) groups is 1. The van der Waals surface area contributed by atoms with Gasteiger partial charge in [-0.3, -0.25) is 14.2 Å². The first-order valence-electron chi connectivity index (χ1n) is 6.86. The second-order valence-corrected chi connectivity index (χ2v) is 5.78. The molecule has 0 atom stereocenters. The van der Waals surface area contributed by atoms with Crippen molar-refractivity contribution >= 4 is 16.8 Å². The molecule has 2 rings (SSSR count). The lowest BCUT2D eigenvalue weighted by molar-refractivity contribution is -0.121. The minimum absolute atomic E-state index is 0.131. The Morgan fingerprint density at radius 1 is 1.38 bits per heavy atom. The van der Waals surface area contributed by atoms with Gasteiger partial charge in [0, 0.05) is 25.0 Å². The molecule has 0 saturated carbocycles. The maximum absolute atomic E-state index is 12.2. The van der Waals surface area contributed by atoms with Crippen molar-refractivity contribution in [2.45, 2.75) is 32.4 Å². The number of nitrogens with zero attached hydrogens (tertiary/aromatic N) is 2. The van der Waals surface area contributed by atoms with Crippen LogP contribution in [0.3, 0.4) is 0 Å². The van der Waals surface area contributed by atoms with Crippen LogP contribution in [0.4, 0.5) is 0 Å². The van der Waals surface area contributed by atoms with Crippen molar-refractivity contribution in [2.24, 2.45) is 5.73 Å². The first-order chi connectivity index (χ1) is 9.87. The summed E-state index contributed by atoms with van der Waals surface area (Å²) in [4.78, 5) is 28.2. The van der Waals surface area contributed by atoms with Gasteiger partial charge in [0.1, 0.15) is 0 Å². The van der Waals surface area contributed by atoms with Gasteiger partial charge in [0.05, 0.1) is 17.2 Å². The molecule has 0 spiro atoms. The largest absolute Gasteiger partial charge is 0.354 e. The zero-order valence-corrected chi connectivity index (χ0v) is 12.3. The molecule has 0 saturated heterocycles. The lowest BCUT2D eigenvalue weighted by Crippen LogP contribution is -2.45. The van der Waals surface area contributed by atoms with Crippen LogP contribution in [0.1, 0.15) is 20.3 Å². The second kappa shape index (κ2) is 6.05. The summed E-state index contributed by atoms with van der Waals surface area (Å²) in [5.41, 5.74) is 5.88. The molecule has 0 radical (unpaired) electrons. The molecule has 3 N–H and O–H groups in total. The molecule has 112 valence electrons. The van der Waals surface area contributed by atoms with Crippen molar-refractivity contribution in [1.29, 1.82) is 0 Å². The SMILES string of the molecule is CC(C)(N)CNC(=O)CCn1cnc2ccccc2c1=O. The molecule has 1 aromatic heterocycles. The lowest BCUT2D eigenvalue weighted by Gasteiger charge is -2.18. The highest BCUT2D eigenvalue weighted by molar-refractivity contribution is 5.77. The fraction of sp³-hybridized carbons (Fsp3) is 0.400. The van der Waals surface area contributed by atoms with E-state index in [1.54, 1.807) is 18.2 Å². The monoisotopic (exact) mass is 288 g/mol. The summed E-state index contributed by atoms with van der Waals surface area (Å²) in [6.45, 7) is 4.38. The van der Waals surface area contributed by atoms with Crippen LogP contribution in [-0.2, 0) is 11.3 Å². The Morgan fingerprint density at radius 3 is 2.81 bits per heavy atom. The zero-order chi connectivity index (χ0) is 15.5. The van der Waals surface area contributed by atoms with Crippen LogP contribution < -0.4 is 16.6 Å². The van der Waals surface area contributed by atoms with Crippen molar-refractivity contribution < 1.29 is 4.79 Å². The van der Waals surface area contributed by atoms with Crippen LogP contribution in [-0.4, -0.2) is 27.5 Å². The van der Waals surface area contributed by atoms with E-state index in [1.165, 1.54) is 10.9 Å². The number of nitrogens with two attached hydrogens (primary N) is 1. The van der Waals surface area contributed by atoms with E-state index in [0.29, 0.717) is 24.0 Å². The number of aryl methyl sites for hydroxylation is 1. The fourth-order valence-electron chi connectivity index (χ4n) is 1.90. The first kappa shape index (κ1) is 15.2. The Hall–Kier alpha value is -2.21. The minimum atomic E-state index is -0.447. The lowest BCUT2D eigenvalue weighted by atomic mass is 10.1. The van der Waals surface area contributed by atoms with Crippen LogP contribution >= 0.6 is 0 Å². The number of hydrogen-bond acceptors (Lipinski definition) is 4. The Morgan fingerprint density at radius 2 is 2.10 bits per heavy atom. The van der Waals surface area contributed by atoms with Gasteiger partial charge in [0.25, 0.3) is 5.56 Å². The summed E-state index contributed by atoms with van der Waals surface area (Å²) < 4.78 is 1.45. The molecule has 1 aromatic carbocycles. The van der Waals surface area contributed by atoms with Gasteiger partial charge >= 0.3 is 0 Å². The zero-order valence-electron chi connectivity index (χ0n) is 12.3. The molecule has 0 aliphatic carbocycles. The van der Waals surface area contributed by atoms with Gasteiger partial charge in [-0.15, -0.1) is 0 Å². The van der Waals surface area contributed by atoms with Gasteiger partial charge in [0.2, 0.25) is 5.91 Å². The maximum atomic E-state index is 12.2. The highest BCUT2D eigenvalue weighted by Gasteiger charge is 2.12. The van der Waals surface area contributed by atoms with E-state index in [0.717, 1.165) is 0 Å². The summed E-state index contributed by atoms with van der Waals surface area (Å²) in [6.07, 6.45) is 1.70. The topological polar surface area (TPSA) is 90.0 Å². The van der Waals surface area contributed by atoms with Gasteiger partial charge in [-0.1, -0.05) is 12.1 Å². The highest BCUT2D eigenvalue weighted by Crippen LogP contribution is 2.04. The molecule has 0 aliphatic rings. The average Bonchev–Trinajstić information content (AvgIpc) is 2.44. The molecule has 6 heteroatoms. The van der Waals surface area contributed by atoms with Crippen molar-refractivity contribution in [3.05, 3.63) is 40.9 Å². The minimum Gasteiger partial charge on any atom is -0.354 e. The molecule has 21 heavy (non-hydrogen) atoms. The van der Waals surface area contributed by atoms with E-state index in [2.05, 4.69) is 10.3 Å². The van der Waals surface area contributed by atoms with Crippen LogP contribution in [0.15, 0.2) is 35.4 Å². The predicted octanol–water partition coefficient (Wildman–Crippen LogP) is 0.640. The summed E-state index contributed by atoms with van der Waals surface area (Å²) >= 11 is 0. The quantitative estimate of drug-likeness (QED) is 0.845. The molecule has 0 bridgehead atoms. The van der Waals surface area contributed by atoms with E-state index in [9.17, 15) is 9.59 Å². The van der Waals surface area contributed by atoms with Crippen molar-refractivity contribution in [3.63, 3.8) is 0 Å². The molecule has 2 aromatic rings. The molecular weight excluding hydrogens is 268 g/mol. The number of nitrogens with one attached hydrogen (secondary N) is 1. The van der Waals surface area contributed by atoms with Gasteiger partial charge in [-0.05, 0) is 26.0 Å². The standard InChI is InChI=1S/C15H20N4O2/c1-15(2,16)9-17-13(20)7-8-19-10-18-12-6-4-3-5-11(12)14(19)21/h3-6,10H,7-9,16H2,1-2H3,(H,17,20). The number of rotatable bonds is 5. The van der Waals surface area contributed by atoms with E-state index in [4.69, 9.17) is 5.73 Å². The number of benzene rings is 1. The van der Waals surface area contributed by atoms with E-state index in [-0.39, 0.29) is 17.9 Å². The molecule has 0 fully saturated rings. The number of carbonyl (C=O) groups excluding carboxylic acids is 1. The molecule has 6 nitrogen and oxygen atoms in total. The van der Waals surface area contributed by atoms with Crippen LogP contribution in [0.2, 0.25) is 0 Å². The summed E-state index contributed by atoms with van der Waals surface area (Å²) in [7, 11) is 0. The molecule has 0 unspecified atom stereocenters. The fourth-order valence-corrected chi connectivity index (χ4v) is 1.90. The third kappa shape index (κ3) is 4.13. The summed E-state index contributed by atoms with van der Waals surface area (Å²) in [5, 5.41) is 3.31. The average molecular weight is 288 g/mol. The highest BCUT2D eigenvalue weighted by atomic mass is 16.1. The molecule has 1 heterocycles. The van der Waals surface area contributed by atoms with Crippen molar-refractivity contribution in [3.8, 4) is 0 Å². The van der Waals surface area contributed by atoms with Crippen LogP contribution in [0, 0.1) is 0 Å². The van der Waals surface area contributed by atoms with Gasteiger partial charge in [-0.25, -0.2) is 4.98 Å². The third-order valence-corrected chi connectivity index (χ3v) is 3.05. The normalized spacial score (nSPS) is 11.6. The van der Waals surface area contributed by atoms with E-state index < -0.39 is 5.54 Å². The number of aromatic nitrogens is 2. The van der Waals surface area contributed by atoms with E-state index >= 15 is 0 Å². The molecule has 0 aliphatic heterocycles.